The predicted octanol–water partition coefficient (Wildman–Crippen LogP) is 4.04. The zero-order chi connectivity index (χ0) is 22.3. The minimum absolute atomic E-state index is 0.0153. The van der Waals surface area contributed by atoms with Gasteiger partial charge in [0, 0.05) is 25.0 Å². The lowest BCUT2D eigenvalue weighted by molar-refractivity contribution is -0.136. The van der Waals surface area contributed by atoms with Gasteiger partial charge in [-0.25, -0.2) is 4.98 Å². The summed E-state index contributed by atoms with van der Waals surface area (Å²) in [6, 6.07) is 16.9. The Morgan fingerprint density at radius 2 is 1.81 bits per heavy atom. The molecule has 2 heterocycles. The van der Waals surface area contributed by atoms with Gasteiger partial charge in [-0.15, -0.1) is 11.3 Å². The molecule has 4 rings (SSSR count). The van der Waals surface area contributed by atoms with E-state index in [0.29, 0.717) is 48.7 Å². The van der Waals surface area contributed by atoms with E-state index in [9.17, 15) is 9.59 Å². The number of rotatable bonds is 7. The Kier molecular flexibility index (Phi) is 7.36. The topological polar surface area (TPSA) is 74.8 Å². The lowest BCUT2D eigenvalue weighted by Gasteiger charge is -2.30. The smallest absolute Gasteiger partial charge is 0.274 e. The van der Waals surface area contributed by atoms with Crippen molar-refractivity contribution in [2.24, 2.45) is 0 Å². The van der Waals surface area contributed by atoms with E-state index in [0.717, 1.165) is 5.56 Å². The Labute approximate surface area is 195 Å². The van der Waals surface area contributed by atoms with Crippen molar-refractivity contribution < 1.29 is 14.3 Å². The second-order valence-corrected chi connectivity index (χ2v) is 8.55. The summed E-state index contributed by atoms with van der Waals surface area (Å²) >= 11 is 7.52. The van der Waals surface area contributed by atoms with Gasteiger partial charge in [0.25, 0.3) is 5.91 Å². The van der Waals surface area contributed by atoms with E-state index in [1.54, 1.807) is 21.2 Å². The number of hydrogen-bond donors (Lipinski definition) is 1. The van der Waals surface area contributed by atoms with Gasteiger partial charge in [-0.05, 0) is 17.7 Å². The van der Waals surface area contributed by atoms with Gasteiger partial charge in [-0.2, -0.15) is 0 Å². The molecule has 166 valence electrons. The van der Waals surface area contributed by atoms with Crippen molar-refractivity contribution in [1.29, 1.82) is 0 Å². The molecule has 0 saturated carbocycles. The first-order valence-electron chi connectivity index (χ1n) is 10.3. The number of carbonyl (C=O) groups excluding carboxylic acids is 2. The molecule has 2 aromatic carbocycles. The highest BCUT2D eigenvalue weighted by Crippen LogP contribution is 2.27. The van der Waals surface area contributed by atoms with E-state index in [1.165, 1.54) is 11.3 Å². The van der Waals surface area contributed by atoms with Crippen molar-refractivity contribution in [3.05, 3.63) is 76.3 Å². The van der Waals surface area contributed by atoms with Crippen molar-refractivity contribution in [3.63, 3.8) is 0 Å². The van der Waals surface area contributed by atoms with Crippen molar-refractivity contribution in [1.82, 2.24) is 14.8 Å². The van der Waals surface area contributed by atoms with E-state index in [2.05, 4.69) is 10.3 Å². The molecule has 3 aromatic rings. The third-order valence-corrected chi connectivity index (χ3v) is 6.12. The van der Waals surface area contributed by atoms with Crippen LogP contribution in [0.3, 0.4) is 0 Å². The van der Waals surface area contributed by atoms with Gasteiger partial charge in [0.15, 0.2) is 5.13 Å². The van der Waals surface area contributed by atoms with Crippen LogP contribution < -0.4 is 5.32 Å². The van der Waals surface area contributed by atoms with Gasteiger partial charge in [-0.1, -0.05) is 54.1 Å². The molecule has 1 aliphatic heterocycles. The van der Waals surface area contributed by atoms with Gasteiger partial charge >= 0.3 is 0 Å². The van der Waals surface area contributed by atoms with Gasteiger partial charge in [-0.3, -0.25) is 9.59 Å². The predicted molar refractivity (Wildman–Crippen MR) is 125 cm³/mol. The van der Waals surface area contributed by atoms with Crippen LogP contribution >= 0.6 is 22.9 Å². The average Bonchev–Trinajstić information content (AvgIpc) is 3.29. The van der Waals surface area contributed by atoms with Gasteiger partial charge < -0.3 is 19.9 Å². The van der Waals surface area contributed by atoms with Crippen molar-refractivity contribution in [2.75, 3.05) is 38.2 Å². The number of benzene rings is 2. The fourth-order valence-corrected chi connectivity index (χ4v) is 4.23. The quantitative estimate of drug-likeness (QED) is 0.564. The number of para-hydroxylation sites is 1. The molecular weight excluding hydrogens is 448 g/mol. The summed E-state index contributed by atoms with van der Waals surface area (Å²) in [5, 5.41) is 5.96. The second-order valence-electron chi connectivity index (χ2n) is 7.28. The number of thiazole rings is 1. The molecule has 0 aliphatic carbocycles. The molecule has 0 atom stereocenters. The number of ether oxygens (including phenoxy) is 1. The van der Waals surface area contributed by atoms with Gasteiger partial charge in [0.05, 0.1) is 23.9 Å². The number of aromatic nitrogens is 1. The highest BCUT2D eigenvalue weighted by Gasteiger charge is 2.25. The highest BCUT2D eigenvalue weighted by molar-refractivity contribution is 7.14. The molecule has 0 unspecified atom stereocenters. The van der Waals surface area contributed by atoms with Crippen LogP contribution in [0.1, 0.15) is 16.1 Å². The van der Waals surface area contributed by atoms with E-state index in [-0.39, 0.29) is 24.1 Å². The van der Waals surface area contributed by atoms with E-state index < -0.39 is 0 Å². The molecular formula is C23H23ClN4O3S. The van der Waals surface area contributed by atoms with Crippen LogP contribution in [0.15, 0.2) is 60.0 Å². The molecule has 1 N–H and O–H groups in total. The number of morpholine rings is 1. The summed E-state index contributed by atoms with van der Waals surface area (Å²) in [4.78, 5) is 33.9. The van der Waals surface area contributed by atoms with Crippen molar-refractivity contribution in [3.8, 4) is 0 Å². The molecule has 32 heavy (non-hydrogen) atoms. The first-order chi connectivity index (χ1) is 15.6. The maximum atomic E-state index is 13.3. The molecule has 0 spiro atoms. The summed E-state index contributed by atoms with van der Waals surface area (Å²) in [5.41, 5.74) is 1.95. The number of carbonyl (C=O) groups is 2. The number of hydrogen-bond acceptors (Lipinski definition) is 6. The summed E-state index contributed by atoms with van der Waals surface area (Å²) in [6.07, 6.45) is 0. The lowest BCUT2D eigenvalue weighted by atomic mass is 10.2. The minimum atomic E-state index is -0.293. The standard InChI is InChI=1S/C23H23ClN4O3S/c24-18-8-4-5-9-19(18)25-23-26-20(16-32-23)22(30)28(14-17-6-2-1-3-7-17)15-21(29)27-10-12-31-13-11-27/h1-9,16H,10-15H2,(H,25,26). The summed E-state index contributed by atoms with van der Waals surface area (Å²) in [5.74, 6) is -0.388. The summed E-state index contributed by atoms with van der Waals surface area (Å²) in [7, 11) is 0. The van der Waals surface area contributed by atoms with Crippen molar-refractivity contribution in [2.45, 2.75) is 6.54 Å². The number of amides is 2. The molecule has 1 aliphatic rings. The van der Waals surface area contributed by atoms with Crippen LogP contribution in [0.4, 0.5) is 10.8 Å². The maximum Gasteiger partial charge on any atom is 0.274 e. The SMILES string of the molecule is O=C(CN(Cc1ccccc1)C(=O)c1csc(Nc2ccccc2Cl)n1)N1CCOCC1. The Morgan fingerprint density at radius 3 is 2.56 bits per heavy atom. The van der Waals surface area contributed by atoms with Crippen molar-refractivity contribution >= 4 is 45.6 Å². The monoisotopic (exact) mass is 470 g/mol. The first kappa shape index (κ1) is 22.3. The normalized spacial score (nSPS) is 13.6. The summed E-state index contributed by atoms with van der Waals surface area (Å²) in [6.45, 7) is 2.41. The highest BCUT2D eigenvalue weighted by atomic mass is 35.5. The lowest BCUT2D eigenvalue weighted by Crippen LogP contribution is -2.47. The van der Waals surface area contributed by atoms with Crippen LogP contribution in [0.2, 0.25) is 5.02 Å². The minimum Gasteiger partial charge on any atom is -0.378 e. The Morgan fingerprint density at radius 1 is 1.09 bits per heavy atom. The fraction of sp³-hybridized carbons (Fsp3) is 0.261. The van der Waals surface area contributed by atoms with Crippen LogP contribution in [-0.2, 0) is 16.1 Å². The number of anilines is 2. The van der Waals surface area contributed by atoms with Crippen LogP contribution in [0.25, 0.3) is 0 Å². The molecule has 0 bridgehead atoms. The third kappa shape index (κ3) is 5.64. The molecule has 0 radical (unpaired) electrons. The van der Waals surface area contributed by atoms with Crippen LogP contribution in [-0.4, -0.2) is 59.4 Å². The summed E-state index contributed by atoms with van der Waals surface area (Å²) < 4.78 is 5.33. The zero-order valence-electron chi connectivity index (χ0n) is 17.4. The van der Waals surface area contributed by atoms with E-state index >= 15 is 0 Å². The first-order valence-corrected chi connectivity index (χ1v) is 11.5. The van der Waals surface area contributed by atoms with Crippen LogP contribution in [0, 0.1) is 0 Å². The average molecular weight is 471 g/mol. The molecule has 2 amide bonds. The second kappa shape index (κ2) is 10.6. The number of halogens is 1. The Bertz CT molecular complexity index is 1070. The Balaban J connectivity index is 1.50. The van der Waals surface area contributed by atoms with Crippen LogP contribution in [0.5, 0.6) is 0 Å². The third-order valence-electron chi connectivity index (χ3n) is 5.03. The molecule has 9 heteroatoms. The Hall–Kier alpha value is -2.94. The maximum absolute atomic E-state index is 13.3. The molecule has 1 aromatic heterocycles. The van der Waals surface area contributed by atoms with Gasteiger partial charge in [0.2, 0.25) is 5.91 Å². The molecule has 7 nitrogen and oxygen atoms in total. The van der Waals surface area contributed by atoms with E-state index in [1.807, 2.05) is 48.5 Å². The largest absolute Gasteiger partial charge is 0.378 e. The fourth-order valence-electron chi connectivity index (χ4n) is 3.35. The van der Waals surface area contributed by atoms with E-state index in [4.69, 9.17) is 16.3 Å². The molecule has 1 fully saturated rings. The zero-order valence-corrected chi connectivity index (χ0v) is 18.9. The van der Waals surface area contributed by atoms with Gasteiger partial charge in [0.1, 0.15) is 12.2 Å². The number of nitrogens with zero attached hydrogens (tertiary/aromatic N) is 3. The molecule has 1 saturated heterocycles. The number of nitrogens with one attached hydrogen (secondary N) is 1.